The van der Waals surface area contributed by atoms with Crippen molar-refractivity contribution in [2.24, 2.45) is 5.41 Å². The molecule has 1 aromatic heterocycles. The Morgan fingerprint density at radius 1 is 1.19 bits per heavy atom. The molecule has 0 amide bonds. The summed E-state index contributed by atoms with van der Waals surface area (Å²) in [6.45, 7) is 1.39. The van der Waals surface area contributed by atoms with E-state index in [0.717, 1.165) is 14.2 Å². The minimum atomic E-state index is -1.85. The zero-order valence-corrected chi connectivity index (χ0v) is 14.7. The third-order valence-electron chi connectivity index (χ3n) is 4.83. The molecule has 1 aromatic carbocycles. The van der Waals surface area contributed by atoms with Gasteiger partial charge >= 0.3 is 17.6 Å². The fraction of sp³-hybridized carbons (Fsp3) is 0.353. The Balaban J connectivity index is 2.22. The second kappa shape index (κ2) is 6.38. The highest BCUT2D eigenvalue weighted by molar-refractivity contribution is 6.07. The molecule has 2 aromatic rings. The quantitative estimate of drug-likeness (QED) is 0.358. The number of ether oxygens (including phenoxy) is 2. The fourth-order valence-electron chi connectivity index (χ4n) is 3.62. The molecule has 1 N–H and O–H groups in total. The van der Waals surface area contributed by atoms with Crippen molar-refractivity contribution in [1.29, 1.82) is 0 Å². The van der Waals surface area contributed by atoms with Crippen LogP contribution in [0.15, 0.2) is 28.8 Å². The number of benzene rings is 1. The molecule has 27 heavy (non-hydrogen) atoms. The Labute approximate surface area is 152 Å². The van der Waals surface area contributed by atoms with Gasteiger partial charge in [-0.25, -0.2) is 0 Å². The number of aromatic nitrogens is 1. The van der Waals surface area contributed by atoms with Crippen LogP contribution < -0.4 is 0 Å². The number of carbonyl (C=O) groups excluding carboxylic acids is 2. The molecule has 0 saturated heterocycles. The topological polar surface area (TPSA) is 142 Å². The number of hydrogen-bond donors (Lipinski definition) is 1. The number of esters is 2. The molecular formula is C17H16N2O8. The van der Waals surface area contributed by atoms with Gasteiger partial charge in [0.15, 0.2) is 11.1 Å². The van der Waals surface area contributed by atoms with E-state index in [1.807, 2.05) is 0 Å². The number of hydrogen-bond acceptors (Lipinski definition) is 9. The highest BCUT2D eigenvalue weighted by Gasteiger charge is 2.80. The van der Waals surface area contributed by atoms with E-state index in [1.54, 1.807) is 0 Å². The summed E-state index contributed by atoms with van der Waals surface area (Å²) in [6.07, 6.45) is 0. The maximum atomic E-state index is 12.6. The largest absolute Gasteiger partial charge is 0.508 e. The molecule has 3 rings (SSSR count). The average molecular weight is 376 g/mol. The van der Waals surface area contributed by atoms with Crippen molar-refractivity contribution in [3.05, 3.63) is 51.4 Å². The molecule has 0 aliphatic heterocycles. The Morgan fingerprint density at radius 3 is 2.22 bits per heavy atom. The summed E-state index contributed by atoms with van der Waals surface area (Å²) in [6, 6.07) is 5.78. The molecule has 0 unspecified atom stereocenters. The van der Waals surface area contributed by atoms with Crippen molar-refractivity contribution in [3.8, 4) is 5.75 Å². The van der Waals surface area contributed by atoms with Gasteiger partial charge in [0.2, 0.25) is 5.76 Å². The van der Waals surface area contributed by atoms with E-state index in [2.05, 4.69) is 5.16 Å². The van der Waals surface area contributed by atoms with Gasteiger partial charge in [0.05, 0.1) is 25.1 Å². The maximum absolute atomic E-state index is 12.6. The predicted molar refractivity (Wildman–Crippen MR) is 87.9 cm³/mol. The average Bonchev–Trinajstić information content (AvgIpc) is 3.20. The molecule has 1 heterocycles. The Hall–Kier alpha value is -3.43. The van der Waals surface area contributed by atoms with Crippen LogP contribution in [-0.4, -0.2) is 41.3 Å². The van der Waals surface area contributed by atoms with E-state index in [9.17, 15) is 24.8 Å². The summed E-state index contributed by atoms with van der Waals surface area (Å²) in [5, 5.41) is 24.6. The van der Waals surface area contributed by atoms with Crippen molar-refractivity contribution in [3.63, 3.8) is 0 Å². The summed E-state index contributed by atoms with van der Waals surface area (Å²) < 4.78 is 14.8. The molecule has 0 radical (unpaired) electrons. The van der Waals surface area contributed by atoms with Crippen LogP contribution in [0.3, 0.4) is 0 Å². The highest BCUT2D eigenvalue weighted by atomic mass is 16.6. The van der Waals surface area contributed by atoms with Crippen molar-refractivity contribution in [2.45, 2.75) is 18.8 Å². The van der Waals surface area contributed by atoms with Gasteiger partial charge < -0.3 is 19.1 Å². The van der Waals surface area contributed by atoms with E-state index >= 15 is 0 Å². The summed E-state index contributed by atoms with van der Waals surface area (Å²) in [7, 11) is 2.21. The molecule has 2 atom stereocenters. The molecule has 10 nitrogen and oxygen atoms in total. The zero-order valence-electron chi connectivity index (χ0n) is 14.7. The van der Waals surface area contributed by atoms with E-state index in [4.69, 9.17) is 14.0 Å². The van der Waals surface area contributed by atoms with Crippen LogP contribution >= 0.6 is 0 Å². The predicted octanol–water partition coefficient (Wildman–Crippen LogP) is 1.81. The SMILES string of the molecule is COC(=O)C1(C(=O)OC)[C@@H](c2ccc(O)cc2)[C@@H]1c1onc(C)c1[N+](=O)[O-]. The molecule has 1 fully saturated rings. The second-order valence-corrected chi connectivity index (χ2v) is 6.14. The first kappa shape index (κ1) is 18.4. The lowest BCUT2D eigenvalue weighted by Crippen LogP contribution is -2.31. The number of carbonyl (C=O) groups is 2. The molecule has 0 spiro atoms. The summed E-state index contributed by atoms with van der Waals surface area (Å²) in [4.78, 5) is 36.0. The monoisotopic (exact) mass is 376 g/mol. The van der Waals surface area contributed by atoms with Gasteiger partial charge in [-0.15, -0.1) is 0 Å². The van der Waals surface area contributed by atoms with Crippen LogP contribution in [-0.2, 0) is 19.1 Å². The molecule has 1 aliphatic carbocycles. The van der Waals surface area contributed by atoms with Crippen LogP contribution in [0.4, 0.5) is 5.69 Å². The number of nitrogens with zero attached hydrogens (tertiary/aromatic N) is 2. The lowest BCUT2D eigenvalue weighted by Gasteiger charge is -2.13. The van der Waals surface area contributed by atoms with Gasteiger partial charge in [-0.1, -0.05) is 17.3 Å². The van der Waals surface area contributed by atoms with Gasteiger partial charge in [-0.05, 0) is 24.6 Å². The number of phenolic OH excluding ortho intramolecular Hbond substituents is 1. The number of phenols is 1. The van der Waals surface area contributed by atoms with Crippen LogP contribution in [0.2, 0.25) is 0 Å². The number of nitro groups is 1. The van der Waals surface area contributed by atoms with Gasteiger partial charge in [0, 0.05) is 5.92 Å². The molecule has 10 heteroatoms. The van der Waals surface area contributed by atoms with Crippen molar-refractivity contribution >= 4 is 17.6 Å². The molecule has 1 saturated carbocycles. The van der Waals surface area contributed by atoms with Gasteiger partial charge in [0.25, 0.3) is 0 Å². The summed E-state index contributed by atoms with van der Waals surface area (Å²) in [5.41, 5.74) is -1.75. The van der Waals surface area contributed by atoms with Crippen LogP contribution in [0.5, 0.6) is 5.75 Å². The number of methoxy groups -OCH3 is 2. The Morgan fingerprint density at radius 2 is 1.74 bits per heavy atom. The lowest BCUT2D eigenvalue weighted by atomic mass is 9.98. The third kappa shape index (κ3) is 2.52. The van der Waals surface area contributed by atoms with Crippen LogP contribution in [0.25, 0.3) is 0 Å². The van der Waals surface area contributed by atoms with Crippen molar-refractivity contribution < 1.29 is 33.6 Å². The maximum Gasteiger partial charge on any atom is 0.334 e. The number of aryl methyl sites for hydroxylation is 1. The van der Waals surface area contributed by atoms with E-state index in [1.165, 1.54) is 31.2 Å². The molecule has 1 aliphatic rings. The second-order valence-electron chi connectivity index (χ2n) is 6.14. The van der Waals surface area contributed by atoms with Crippen molar-refractivity contribution in [1.82, 2.24) is 5.16 Å². The third-order valence-corrected chi connectivity index (χ3v) is 4.83. The Kier molecular flexibility index (Phi) is 4.34. The zero-order chi connectivity index (χ0) is 19.9. The minimum Gasteiger partial charge on any atom is -0.508 e. The number of rotatable bonds is 5. The first-order chi connectivity index (χ1) is 12.8. The Bertz CT molecular complexity index is 902. The van der Waals surface area contributed by atoms with Crippen LogP contribution in [0.1, 0.15) is 28.9 Å². The van der Waals surface area contributed by atoms with Gasteiger partial charge in [0.1, 0.15) is 5.75 Å². The molecule has 0 bridgehead atoms. The number of aromatic hydroxyl groups is 1. The minimum absolute atomic E-state index is 0.0147. The smallest absolute Gasteiger partial charge is 0.334 e. The molecule has 142 valence electrons. The summed E-state index contributed by atoms with van der Waals surface area (Å²) >= 11 is 0. The van der Waals surface area contributed by atoms with E-state index in [0.29, 0.717) is 5.56 Å². The van der Waals surface area contributed by atoms with Crippen molar-refractivity contribution in [2.75, 3.05) is 14.2 Å². The van der Waals surface area contributed by atoms with E-state index < -0.39 is 39.8 Å². The standard InChI is InChI=1S/C17H16N2O8/c1-8-13(19(23)24)14(27-18-8)12-11(9-4-6-10(20)7-5-9)17(12,15(21)25-2)16(22)26-3/h4-7,11-12,20H,1-3H3/t11-,12+/m0/s1. The van der Waals surface area contributed by atoms with Crippen LogP contribution in [0, 0.1) is 22.5 Å². The summed E-state index contributed by atoms with van der Waals surface area (Å²) in [5.74, 6) is -3.90. The van der Waals surface area contributed by atoms with Gasteiger partial charge in [-0.3, -0.25) is 19.7 Å². The first-order valence-electron chi connectivity index (χ1n) is 7.87. The first-order valence-corrected chi connectivity index (χ1v) is 7.87. The van der Waals surface area contributed by atoms with Gasteiger partial charge in [-0.2, -0.15) is 0 Å². The van der Waals surface area contributed by atoms with E-state index in [-0.39, 0.29) is 17.2 Å². The normalized spacial score (nSPS) is 20.0. The lowest BCUT2D eigenvalue weighted by molar-refractivity contribution is -0.386. The fourth-order valence-corrected chi connectivity index (χ4v) is 3.62. The molecular weight excluding hydrogens is 360 g/mol. The highest BCUT2D eigenvalue weighted by Crippen LogP contribution is 2.72.